The standard InChI is InChI=1S/C12H11N3/c13-11-3-1-2-10(8-11)4-5-12-6-7-14-9-15-12/h1-9H,13H2/b5-4+. The SMILES string of the molecule is Nc1cccc(/C=C/c2ccncn2)c1. The summed E-state index contributed by atoms with van der Waals surface area (Å²) >= 11 is 0. The van der Waals surface area contributed by atoms with Gasteiger partial charge in [-0.3, -0.25) is 0 Å². The quantitative estimate of drug-likeness (QED) is 0.751. The number of nitrogen functional groups attached to an aromatic ring is 1. The van der Waals surface area contributed by atoms with Crippen LogP contribution in [0.25, 0.3) is 12.2 Å². The van der Waals surface area contributed by atoms with Crippen molar-refractivity contribution in [2.75, 3.05) is 5.73 Å². The van der Waals surface area contributed by atoms with Gasteiger partial charge in [0.05, 0.1) is 5.69 Å². The van der Waals surface area contributed by atoms with Crippen LogP contribution in [0.2, 0.25) is 0 Å². The third kappa shape index (κ3) is 2.64. The van der Waals surface area contributed by atoms with E-state index >= 15 is 0 Å². The molecule has 2 aromatic rings. The van der Waals surface area contributed by atoms with E-state index in [0.717, 1.165) is 16.9 Å². The van der Waals surface area contributed by atoms with E-state index in [0.29, 0.717) is 0 Å². The van der Waals surface area contributed by atoms with Crippen molar-refractivity contribution >= 4 is 17.8 Å². The number of aromatic nitrogens is 2. The number of rotatable bonds is 2. The first kappa shape index (κ1) is 9.40. The Morgan fingerprint density at radius 1 is 1.13 bits per heavy atom. The van der Waals surface area contributed by atoms with Gasteiger partial charge in [-0.2, -0.15) is 0 Å². The van der Waals surface area contributed by atoms with Gasteiger partial charge in [0.25, 0.3) is 0 Å². The van der Waals surface area contributed by atoms with Crippen LogP contribution < -0.4 is 5.73 Å². The van der Waals surface area contributed by atoms with Gasteiger partial charge in [0.15, 0.2) is 0 Å². The van der Waals surface area contributed by atoms with Crippen LogP contribution in [-0.4, -0.2) is 9.97 Å². The molecule has 2 rings (SSSR count). The van der Waals surface area contributed by atoms with Crippen LogP contribution in [0.4, 0.5) is 5.69 Å². The highest BCUT2D eigenvalue weighted by atomic mass is 14.8. The molecule has 0 saturated carbocycles. The topological polar surface area (TPSA) is 51.8 Å². The van der Waals surface area contributed by atoms with Crippen molar-refractivity contribution in [3.63, 3.8) is 0 Å². The molecule has 0 atom stereocenters. The third-order valence-corrected chi connectivity index (χ3v) is 1.96. The average molecular weight is 197 g/mol. The van der Waals surface area contributed by atoms with Crippen molar-refractivity contribution in [2.24, 2.45) is 0 Å². The average Bonchev–Trinajstić information content (AvgIpc) is 2.28. The second kappa shape index (κ2) is 4.37. The first-order valence-corrected chi connectivity index (χ1v) is 4.64. The summed E-state index contributed by atoms with van der Waals surface area (Å²) in [4.78, 5) is 7.94. The van der Waals surface area contributed by atoms with Crippen LogP contribution in [0.3, 0.4) is 0 Å². The van der Waals surface area contributed by atoms with E-state index in [2.05, 4.69) is 9.97 Å². The molecule has 0 fully saturated rings. The van der Waals surface area contributed by atoms with Crippen molar-refractivity contribution in [1.82, 2.24) is 9.97 Å². The molecule has 74 valence electrons. The van der Waals surface area contributed by atoms with E-state index in [9.17, 15) is 0 Å². The van der Waals surface area contributed by atoms with Gasteiger partial charge in [-0.05, 0) is 29.8 Å². The zero-order chi connectivity index (χ0) is 10.5. The first-order chi connectivity index (χ1) is 7.34. The fraction of sp³-hybridized carbons (Fsp3) is 0. The third-order valence-electron chi connectivity index (χ3n) is 1.96. The number of hydrogen-bond acceptors (Lipinski definition) is 3. The van der Waals surface area contributed by atoms with Crippen LogP contribution in [0.5, 0.6) is 0 Å². The Balaban J connectivity index is 2.19. The van der Waals surface area contributed by atoms with E-state index < -0.39 is 0 Å². The van der Waals surface area contributed by atoms with Gasteiger partial charge in [-0.25, -0.2) is 9.97 Å². The Labute approximate surface area is 88.3 Å². The molecule has 1 aromatic carbocycles. The van der Waals surface area contributed by atoms with E-state index in [4.69, 9.17) is 5.73 Å². The number of hydrogen-bond donors (Lipinski definition) is 1. The predicted octanol–water partition coefficient (Wildman–Crippen LogP) is 2.23. The molecule has 0 unspecified atom stereocenters. The Kier molecular flexibility index (Phi) is 2.74. The second-order valence-electron chi connectivity index (χ2n) is 3.14. The van der Waals surface area contributed by atoms with E-state index in [1.54, 1.807) is 6.20 Å². The van der Waals surface area contributed by atoms with Crippen molar-refractivity contribution in [3.8, 4) is 0 Å². The van der Waals surface area contributed by atoms with Crippen molar-refractivity contribution < 1.29 is 0 Å². The molecule has 0 saturated heterocycles. The summed E-state index contributed by atoms with van der Waals surface area (Å²) in [6.07, 6.45) is 7.14. The summed E-state index contributed by atoms with van der Waals surface area (Å²) in [5.41, 5.74) is 8.38. The molecule has 15 heavy (non-hydrogen) atoms. The van der Waals surface area contributed by atoms with Crippen LogP contribution in [0, 0.1) is 0 Å². The molecule has 3 nitrogen and oxygen atoms in total. The van der Waals surface area contributed by atoms with E-state index in [-0.39, 0.29) is 0 Å². The highest BCUT2D eigenvalue weighted by molar-refractivity contribution is 5.69. The van der Waals surface area contributed by atoms with Gasteiger partial charge >= 0.3 is 0 Å². The predicted molar refractivity (Wildman–Crippen MR) is 61.8 cm³/mol. The zero-order valence-electron chi connectivity index (χ0n) is 8.17. The smallest absolute Gasteiger partial charge is 0.115 e. The largest absolute Gasteiger partial charge is 0.399 e. The lowest BCUT2D eigenvalue weighted by molar-refractivity contribution is 1.15. The normalized spacial score (nSPS) is 10.7. The lowest BCUT2D eigenvalue weighted by Crippen LogP contribution is -1.84. The maximum atomic E-state index is 5.67. The molecule has 3 heteroatoms. The van der Waals surface area contributed by atoms with Gasteiger partial charge in [0.1, 0.15) is 6.33 Å². The van der Waals surface area contributed by atoms with Crippen molar-refractivity contribution in [3.05, 3.63) is 54.1 Å². The lowest BCUT2D eigenvalue weighted by atomic mass is 10.2. The Bertz CT molecular complexity index is 463. The molecule has 0 aliphatic rings. The van der Waals surface area contributed by atoms with Crippen LogP contribution in [0.1, 0.15) is 11.3 Å². The second-order valence-corrected chi connectivity index (χ2v) is 3.14. The molecule has 0 radical (unpaired) electrons. The molecule has 0 amide bonds. The maximum absolute atomic E-state index is 5.67. The Hall–Kier alpha value is -2.16. The van der Waals surface area contributed by atoms with Crippen molar-refractivity contribution in [1.29, 1.82) is 0 Å². The van der Waals surface area contributed by atoms with Crippen molar-refractivity contribution in [2.45, 2.75) is 0 Å². The maximum Gasteiger partial charge on any atom is 0.115 e. The Morgan fingerprint density at radius 3 is 2.80 bits per heavy atom. The minimum Gasteiger partial charge on any atom is -0.399 e. The molecular weight excluding hydrogens is 186 g/mol. The summed E-state index contributed by atoms with van der Waals surface area (Å²) in [5.74, 6) is 0. The van der Waals surface area contributed by atoms with Gasteiger partial charge in [0.2, 0.25) is 0 Å². The molecule has 0 aliphatic heterocycles. The summed E-state index contributed by atoms with van der Waals surface area (Å²) in [6, 6.07) is 9.55. The summed E-state index contributed by atoms with van der Waals surface area (Å²) < 4.78 is 0. The number of anilines is 1. The molecule has 1 heterocycles. The monoisotopic (exact) mass is 197 g/mol. The van der Waals surface area contributed by atoms with Gasteiger partial charge in [0, 0.05) is 11.9 Å². The molecule has 1 aromatic heterocycles. The zero-order valence-corrected chi connectivity index (χ0v) is 8.17. The summed E-state index contributed by atoms with van der Waals surface area (Å²) in [5, 5.41) is 0. The highest BCUT2D eigenvalue weighted by Gasteiger charge is 1.89. The van der Waals surface area contributed by atoms with Gasteiger partial charge in [-0.15, -0.1) is 0 Å². The lowest BCUT2D eigenvalue weighted by Gasteiger charge is -1.95. The number of nitrogens with two attached hydrogens (primary N) is 1. The van der Waals surface area contributed by atoms with Gasteiger partial charge < -0.3 is 5.73 Å². The minimum absolute atomic E-state index is 0.764. The fourth-order valence-corrected chi connectivity index (χ4v) is 1.24. The molecule has 2 N–H and O–H groups in total. The molecular formula is C12H11N3. The van der Waals surface area contributed by atoms with Crippen LogP contribution >= 0.6 is 0 Å². The van der Waals surface area contributed by atoms with Gasteiger partial charge in [-0.1, -0.05) is 18.2 Å². The van der Waals surface area contributed by atoms with Crippen LogP contribution in [0.15, 0.2) is 42.9 Å². The Morgan fingerprint density at radius 2 is 2.07 bits per heavy atom. The molecule has 0 bridgehead atoms. The number of nitrogens with zero attached hydrogens (tertiary/aromatic N) is 2. The molecule has 0 aliphatic carbocycles. The van der Waals surface area contributed by atoms with E-state index in [1.165, 1.54) is 6.33 Å². The highest BCUT2D eigenvalue weighted by Crippen LogP contribution is 2.09. The summed E-state index contributed by atoms with van der Waals surface area (Å²) in [6.45, 7) is 0. The minimum atomic E-state index is 0.764. The first-order valence-electron chi connectivity index (χ1n) is 4.64. The number of benzene rings is 1. The van der Waals surface area contributed by atoms with E-state index in [1.807, 2.05) is 42.5 Å². The summed E-state index contributed by atoms with van der Waals surface area (Å²) in [7, 11) is 0. The molecule has 0 spiro atoms. The fourth-order valence-electron chi connectivity index (χ4n) is 1.24. The van der Waals surface area contributed by atoms with Crippen LogP contribution in [-0.2, 0) is 0 Å².